The molecule has 1 aliphatic heterocycles. The Kier molecular flexibility index (Phi) is 15.2. The van der Waals surface area contributed by atoms with E-state index in [-0.39, 0.29) is 22.2 Å². The van der Waals surface area contributed by atoms with Gasteiger partial charge in [0, 0.05) is 16.8 Å². The van der Waals surface area contributed by atoms with Gasteiger partial charge in [-0.3, -0.25) is 0 Å². The van der Waals surface area contributed by atoms with E-state index < -0.39 is 23.8 Å². The van der Waals surface area contributed by atoms with E-state index in [4.69, 9.17) is 0 Å². The summed E-state index contributed by atoms with van der Waals surface area (Å²) in [6, 6.07) is 67.7. The summed E-state index contributed by atoms with van der Waals surface area (Å²) in [6.45, 7) is 2.61. The molecule has 7 heteroatoms. The molecule has 48 heavy (non-hydrogen) atoms. The molecule has 0 aliphatic carbocycles. The summed E-state index contributed by atoms with van der Waals surface area (Å²) in [6.07, 6.45) is 3.44. The van der Waals surface area contributed by atoms with Crippen molar-refractivity contribution in [3.05, 3.63) is 182 Å². The molecule has 7 rings (SSSR count). The van der Waals surface area contributed by atoms with Crippen LogP contribution in [-0.2, 0) is 16.8 Å². The van der Waals surface area contributed by atoms with Crippen LogP contribution in [0.5, 0.6) is 0 Å². The van der Waals surface area contributed by atoms with Crippen LogP contribution in [0.2, 0.25) is 0 Å². The molecule has 0 amide bonds. The molecule has 1 heterocycles. The summed E-state index contributed by atoms with van der Waals surface area (Å²) in [5, 5.41) is 8.79. The summed E-state index contributed by atoms with van der Waals surface area (Å²) < 4.78 is 0. The van der Waals surface area contributed by atoms with Gasteiger partial charge in [-0.15, -0.1) is 0 Å². The van der Waals surface area contributed by atoms with E-state index in [0.717, 1.165) is 18.5 Å². The normalized spacial score (nSPS) is 13.1. The third-order valence-corrected chi connectivity index (χ3v) is 19.2. The summed E-state index contributed by atoms with van der Waals surface area (Å²) in [5.74, 6) is 0. The van der Waals surface area contributed by atoms with Crippen molar-refractivity contribution >= 4 is 78.7 Å². The van der Waals surface area contributed by atoms with Crippen LogP contribution in [0.1, 0.15) is 6.92 Å². The van der Waals surface area contributed by atoms with Gasteiger partial charge in [-0.2, -0.15) is 0 Å². The zero-order valence-corrected chi connectivity index (χ0v) is 33.4. The van der Waals surface area contributed by atoms with Gasteiger partial charge < -0.3 is 0 Å². The molecule has 0 saturated heterocycles. The fourth-order valence-electron chi connectivity index (χ4n) is 5.94. The van der Waals surface area contributed by atoms with E-state index in [1.165, 1.54) is 31.8 Å². The molecular weight excluding hydrogens is 737 g/mol. The molecular formula is C41H39CoP6. The van der Waals surface area contributed by atoms with Gasteiger partial charge in [0.05, 0.1) is 7.96 Å². The first-order chi connectivity index (χ1) is 23.2. The second kappa shape index (κ2) is 19.5. The zero-order chi connectivity index (χ0) is 32.2. The van der Waals surface area contributed by atoms with Crippen molar-refractivity contribution in [2.75, 3.05) is 18.5 Å². The quantitative estimate of drug-likeness (QED) is 0.109. The molecule has 1 aliphatic rings. The topological polar surface area (TPSA) is 0 Å². The van der Waals surface area contributed by atoms with E-state index >= 15 is 0 Å². The van der Waals surface area contributed by atoms with Gasteiger partial charge in [0.1, 0.15) is 0 Å². The minimum atomic E-state index is -0.555. The number of rotatable bonds is 12. The predicted octanol–water partition coefficient (Wildman–Crippen LogP) is 11.0. The zero-order valence-electron chi connectivity index (χ0n) is 27.0. The van der Waals surface area contributed by atoms with Crippen molar-refractivity contribution < 1.29 is 16.8 Å². The molecule has 0 bridgehead atoms. The van der Waals surface area contributed by atoms with Crippen LogP contribution in [0.4, 0.5) is 0 Å². The minimum Gasteiger partial charge on any atom is -0.0622 e. The average Bonchev–Trinajstić information content (AvgIpc) is 4.05. The third kappa shape index (κ3) is 11.1. The van der Waals surface area contributed by atoms with Crippen molar-refractivity contribution in [2.24, 2.45) is 5.41 Å². The van der Waals surface area contributed by atoms with E-state index in [1.54, 1.807) is 23.1 Å². The predicted molar refractivity (Wildman–Crippen MR) is 221 cm³/mol. The average molecular weight is 777 g/mol. The van der Waals surface area contributed by atoms with Crippen molar-refractivity contribution in [3.8, 4) is 0 Å². The standard InChI is InChI=1S/C41H39P3.Co.P3/c1-41(32-42(35-20-8-2-9-21-35)36-22-10-3-11-23-36,33-43(37-24-12-4-13-25-37)38-26-14-5-15-27-38)34-44(39-28-16-6-17-29-39)40-30-18-7-19-31-40;;1-2-3-1/h2-31H,32-34H2,1H3;;. The number of hydrogen-bond donors (Lipinski definition) is 0. The fraction of sp³-hybridized carbons (Fsp3) is 0.122. The second-order valence-corrected chi connectivity index (χ2v) is 25.4. The Morgan fingerprint density at radius 2 is 0.521 bits per heavy atom. The molecule has 0 aromatic heterocycles. The Labute approximate surface area is 306 Å². The summed E-state index contributed by atoms with van der Waals surface area (Å²) in [7, 11) is 3.17. The van der Waals surface area contributed by atoms with Crippen molar-refractivity contribution in [2.45, 2.75) is 6.92 Å². The van der Waals surface area contributed by atoms with Crippen LogP contribution >= 0.6 is 46.8 Å². The monoisotopic (exact) mass is 776 g/mol. The van der Waals surface area contributed by atoms with E-state index in [9.17, 15) is 0 Å². The number of hydrogen-bond acceptors (Lipinski definition) is 0. The molecule has 6 aromatic carbocycles. The largest absolute Gasteiger partial charge is 0.0622 e. The Bertz CT molecular complexity index is 1460. The van der Waals surface area contributed by atoms with Crippen molar-refractivity contribution in [3.63, 3.8) is 0 Å². The maximum atomic E-state index is 2.61. The van der Waals surface area contributed by atoms with Crippen LogP contribution < -0.4 is 31.8 Å². The molecule has 242 valence electrons. The maximum Gasteiger partial charge on any atom is 0.0525 e. The molecule has 0 nitrogen and oxygen atoms in total. The Morgan fingerprint density at radius 3 is 0.667 bits per heavy atom. The van der Waals surface area contributed by atoms with Gasteiger partial charge in [-0.05, 0) is 94.6 Å². The summed E-state index contributed by atoms with van der Waals surface area (Å²) in [4.78, 5) is 0. The first-order valence-electron chi connectivity index (χ1n) is 15.9. The summed E-state index contributed by atoms with van der Waals surface area (Å²) >= 11 is 0. The van der Waals surface area contributed by atoms with E-state index in [2.05, 4.69) is 189 Å². The van der Waals surface area contributed by atoms with Gasteiger partial charge in [0.2, 0.25) is 0 Å². The number of benzene rings is 6. The third-order valence-electron chi connectivity index (χ3n) is 8.12. The second-order valence-electron chi connectivity index (χ2n) is 11.9. The molecule has 0 N–H and O–H groups in total. The molecule has 6 aromatic rings. The Balaban J connectivity index is 0.00000107. The molecule has 0 spiro atoms. The smallest absolute Gasteiger partial charge is 0.0525 e. The van der Waals surface area contributed by atoms with Crippen LogP contribution in [0, 0.1) is 5.41 Å². The van der Waals surface area contributed by atoms with Crippen LogP contribution in [0.15, 0.2) is 182 Å². The van der Waals surface area contributed by atoms with Gasteiger partial charge in [-0.1, -0.05) is 189 Å². The molecule has 2 radical (unpaired) electrons. The van der Waals surface area contributed by atoms with Gasteiger partial charge >= 0.3 is 0 Å². The first kappa shape index (κ1) is 37.4. The van der Waals surface area contributed by atoms with Crippen LogP contribution in [0.3, 0.4) is 0 Å². The van der Waals surface area contributed by atoms with E-state index in [1.807, 2.05) is 0 Å². The Hall–Kier alpha value is -1.85. The maximum absolute atomic E-state index is 2.61. The van der Waals surface area contributed by atoms with Crippen LogP contribution in [-0.4, -0.2) is 18.5 Å². The molecule has 0 unspecified atom stereocenters. The minimum absolute atomic E-state index is 0. The van der Waals surface area contributed by atoms with Crippen LogP contribution in [0.25, 0.3) is 0 Å². The first-order valence-corrected chi connectivity index (χ1v) is 25.3. The van der Waals surface area contributed by atoms with Gasteiger partial charge in [0.25, 0.3) is 0 Å². The van der Waals surface area contributed by atoms with Crippen molar-refractivity contribution in [1.82, 2.24) is 0 Å². The molecule has 0 fully saturated rings. The Morgan fingerprint density at radius 1 is 0.354 bits per heavy atom. The fourth-order valence-corrected chi connectivity index (χ4v) is 14.6. The van der Waals surface area contributed by atoms with Gasteiger partial charge in [-0.25, -0.2) is 0 Å². The van der Waals surface area contributed by atoms with E-state index in [0.29, 0.717) is 0 Å². The van der Waals surface area contributed by atoms with Crippen molar-refractivity contribution in [1.29, 1.82) is 0 Å². The SMILES string of the molecule is CC(CP(c1ccccc1)c1ccccc1)(CP(c1ccccc1)c1ccccc1)CP(c1ccccc1)c1ccccc1.[Co].[P]1P=P1. The molecule has 0 saturated carbocycles. The summed E-state index contributed by atoms with van der Waals surface area (Å²) in [5.41, 5.74) is 0.0756. The van der Waals surface area contributed by atoms with Gasteiger partial charge in [0.15, 0.2) is 0 Å². The molecule has 0 atom stereocenters.